The second kappa shape index (κ2) is 6.62. The van der Waals surface area contributed by atoms with Gasteiger partial charge in [-0.2, -0.15) is 0 Å². The average Bonchev–Trinajstić information content (AvgIpc) is 3.02. The molecule has 3 aromatic rings. The summed E-state index contributed by atoms with van der Waals surface area (Å²) in [5.74, 6) is -0.198. The highest BCUT2D eigenvalue weighted by atomic mass is 32.1. The molecule has 5 nitrogen and oxygen atoms in total. The van der Waals surface area contributed by atoms with Crippen LogP contribution in [0.2, 0.25) is 0 Å². The molecule has 0 bridgehead atoms. The van der Waals surface area contributed by atoms with Crippen molar-refractivity contribution in [3.05, 3.63) is 52.4 Å². The second-order valence-electron chi connectivity index (χ2n) is 4.81. The summed E-state index contributed by atoms with van der Waals surface area (Å²) >= 11 is 1.69. The van der Waals surface area contributed by atoms with Crippen molar-refractivity contribution in [2.45, 2.75) is 19.8 Å². The number of fused-ring (bicyclic) bond motifs is 1. The van der Waals surface area contributed by atoms with E-state index in [0.717, 1.165) is 23.2 Å². The number of pyridine rings is 2. The van der Waals surface area contributed by atoms with Crippen LogP contribution in [-0.2, 0) is 12.8 Å². The Bertz CT molecular complexity index is 794. The number of rotatable bonds is 5. The van der Waals surface area contributed by atoms with Crippen molar-refractivity contribution in [2.24, 2.45) is 0 Å². The average molecular weight is 312 g/mol. The van der Waals surface area contributed by atoms with Crippen LogP contribution in [0.25, 0.3) is 10.9 Å². The minimum atomic E-state index is -0.198. The molecule has 0 radical (unpaired) electrons. The molecule has 6 heteroatoms. The first-order valence-electron chi connectivity index (χ1n) is 7.19. The molecule has 0 aromatic carbocycles. The minimum absolute atomic E-state index is 0.198. The van der Waals surface area contributed by atoms with Crippen LogP contribution in [0.3, 0.4) is 0 Å². The number of nitrogens with one attached hydrogen (secondary N) is 1. The minimum Gasteiger partial charge on any atom is -0.350 e. The van der Waals surface area contributed by atoms with E-state index < -0.39 is 0 Å². The van der Waals surface area contributed by atoms with E-state index in [1.54, 1.807) is 23.7 Å². The van der Waals surface area contributed by atoms with E-state index in [1.165, 1.54) is 4.88 Å². The molecule has 0 aliphatic heterocycles. The summed E-state index contributed by atoms with van der Waals surface area (Å²) in [6, 6.07) is 5.61. The summed E-state index contributed by atoms with van der Waals surface area (Å²) in [5.41, 5.74) is 0.997. The number of carbonyl (C=O) groups is 1. The van der Waals surface area contributed by atoms with E-state index in [9.17, 15) is 4.79 Å². The Kier molecular flexibility index (Phi) is 4.39. The van der Waals surface area contributed by atoms with Crippen molar-refractivity contribution in [1.82, 2.24) is 20.3 Å². The quantitative estimate of drug-likeness (QED) is 0.786. The van der Waals surface area contributed by atoms with Gasteiger partial charge in [0.15, 0.2) is 5.69 Å². The van der Waals surface area contributed by atoms with Crippen LogP contribution < -0.4 is 5.32 Å². The number of nitrogens with zero attached hydrogens (tertiary/aromatic N) is 3. The van der Waals surface area contributed by atoms with Crippen molar-refractivity contribution in [2.75, 3.05) is 6.54 Å². The van der Waals surface area contributed by atoms with Gasteiger partial charge >= 0.3 is 0 Å². The van der Waals surface area contributed by atoms with E-state index in [2.05, 4.69) is 27.2 Å². The molecule has 0 unspecified atom stereocenters. The van der Waals surface area contributed by atoms with Crippen molar-refractivity contribution < 1.29 is 4.79 Å². The standard InChI is InChI=1S/C16H16N4OS/c1-2-12-10-20-13(22-12)6-9-19-16(21)15-14-11(5-8-18-15)4-3-7-17-14/h3-5,7-8,10H,2,6,9H2,1H3,(H,19,21). The lowest BCUT2D eigenvalue weighted by Gasteiger charge is -2.05. The Morgan fingerprint density at radius 1 is 1.23 bits per heavy atom. The number of aryl methyl sites for hydroxylation is 1. The van der Waals surface area contributed by atoms with Gasteiger partial charge in [-0.15, -0.1) is 11.3 Å². The Balaban J connectivity index is 1.66. The topological polar surface area (TPSA) is 67.8 Å². The van der Waals surface area contributed by atoms with Crippen LogP contribution in [0.15, 0.2) is 36.8 Å². The lowest BCUT2D eigenvalue weighted by Crippen LogP contribution is -2.26. The summed E-state index contributed by atoms with van der Waals surface area (Å²) in [4.78, 5) is 26.3. The maximum Gasteiger partial charge on any atom is 0.272 e. The SMILES string of the molecule is CCc1cnc(CCNC(=O)c2nccc3cccnc23)s1. The molecular weight excluding hydrogens is 296 g/mol. The van der Waals surface area contributed by atoms with E-state index in [1.807, 2.05) is 24.4 Å². The van der Waals surface area contributed by atoms with Gasteiger partial charge in [0, 0.05) is 41.8 Å². The Morgan fingerprint density at radius 2 is 2.14 bits per heavy atom. The monoisotopic (exact) mass is 312 g/mol. The molecule has 3 aromatic heterocycles. The predicted molar refractivity (Wildman–Crippen MR) is 87.1 cm³/mol. The van der Waals surface area contributed by atoms with Gasteiger partial charge in [0.05, 0.1) is 5.01 Å². The molecule has 22 heavy (non-hydrogen) atoms. The smallest absolute Gasteiger partial charge is 0.272 e. The van der Waals surface area contributed by atoms with E-state index >= 15 is 0 Å². The maximum atomic E-state index is 12.3. The molecule has 112 valence electrons. The molecule has 0 fully saturated rings. The molecule has 0 spiro atoms. The zero-order chi connectivity index (χ0) is 15.4. The molecular formula is C16H16N4OS. The summed E-state index contributed by atoms with van der Waals surface area (Å²) in [5, 5.41) is 4.85. The van der Waals surface area contributed by atoms with Crippen LogP contribution in [-0.4, -0.2) is 27.4 Å². The third-order valence-corrected chi connectivity index (χ3v) is 4.51. The molecule has 1 amide bonds. The number of amides is 1. The van der Waals surface area contributed by atoms with Gasteiger partial charge in [0.2, 0.25) is 0 Å². The van der Waals surface area contributed by atoms with E-state index in [4.69, 9.17) is 0 Å². The first-order valence-corrected chi connectivity index (χ1v) is 8.01. The van der Waals surface area contributed by atoms with Crippen molar-refractivity contribution in [1.29, 1.82) is 0 Å². The highest BCUT2D eigenvalue weighted by molar-refractivity contribution is 7.11. The lowest BCUT2D eigenvalue weighted by molar-refractivity contribution is 0.0951. The summed E-state index contributed by atoms with van der Waals surface area (Å²) in [7, 11) is 0. The van der Waals surface area contributed by atoms with Gasteiger partial charge < -0.3 is 5.32 Å². The molecule has 0 saturated carbocycles. The van der Waals surface area contributed by atoms with Gasteiger partial charge in [-0.25, -0.2) is 9.97 Å². The van der Waals surface area contributed by atoms with Gasteiger partial charge in [-0.1, -0.05) is 13.0 Å². The number of hydrogen-bond donors (Lipinski definition) is 1. The molecule has 3 rings (SSSR count). The van der Waals surface area contributed by atoms with Crippen LogP contribution in [0.4, 0.5) is 0 Å². The molecule has 0 aliphatic carbocycles. The normalized spacial score (nSPS) is 10.8. The van der Waals surface area contributed by atoms with Crippen LogP contribution >= 0.6 is 11.3 Å². The highest BCUT2D eigenvalue weighted by Crippen LogP contribution is 2.14. The largest absolute Gasteiger partial charge is 0.350 e. The van der Waals surface area contributed by atoms with Crippen LogP contribution in [0, 0.1) is 0 Å². The van der Waals surface area contributed by atoms with Gasteiger partial charge in [-0.3, -0.25) is 9.78 Å². The fraction of sp³-hybridized carbons (Fsp3) is 0.250. The Hall–Kier alpha value is -2.34. The van der Waals surface area contributed by atoms with Crippen molar-refractivity contribution in [3.8, 4) is 0 Å². The Labute approximate surface area is 132 Å². The Morgan fingerprint density at radius 3 is 2.95 bits per heavy atom. The van der Waals surface area contributed by atoms with Crippen LogP contribution in [0.5, 0.6) is 0 Å². The third kappa shape index (κ3) is 3.12. The number of hydrogen-bond acceptors (Lipinski definition) is 5. The van der Waals surface area contributed by atoms with Crippen molar-refractivity contribution >= 4 is 28.1 Å². The molecule has 3 heterocycles. The maximum absolute atomic E-state index is 12.3. The first-order chi connectivity index (χ1) is 10.8. The number of aromatic nitrogens is 3. The fourth-order valence-corrected chi connectivity index (χ4v) is 3.03. The zero-order valence-corrected chi connectivity index (χ0v) is 13.1. The predicted octanol–water partition coefficient (Wildman–Crippen LogP) is 2.62. The van der Waals surface area contributed by atoms with E-state index in [0.29, 0.717) is 17.8 Å². The van der Waals surface area contributed by atoms with Crippen LogP contribution in [0.1, 0.15) is 27.3 Å². The molecule has 0 saturated heterocycles. The molecule has 0 atom stereocenters. The highest BCUT2D eigenvalue weighted by Gasteiger charge is 2.12. The first kappa shape index (κ1) is 14.6. The summed E-state index contributed by atoms with van der Waals surface area (Å²) < 4.78 is 0. The summed E-state index contributed by atoms with van der Waals surface area (Å²) in [6.07, 6.45) is 6.93. The lowest BCUT2D eigenvalue weighted by atomic mass is 10.2. The zero-order valence-electron chi connectivity index (χ0n) is 12.2. The second-order valence-corrected chi connectivity index (χ2v) is 6.01. The van der Waals surface area contributed by atoms with Gasteiger partial charge in [0.25, 0.3) is 5.91 Å². The van der Waals surface area contributed by atoms with Crippen molar-refractivity contribution in [3.63, 3.8) is 0 Å². The van der Waals surface area contributed by atoms with Gasteiger partial charge in [0.1, 0.15) is 5.52 Å². The third-order valence-electron chi connectivity index (χ3n) is 3.31. The number of thiazole rings is 1. The number of carbonyl (C=O) groups excluding carboxylic acids is 1. The van der Waals surface area contributed by atoms with Gasteiger partial charge in [-0.05, 0) is 18.6 Å². The fourth-order valence-electron chi connectivity index (χ4n) is 2.16. The summed E-state index contributed by atoms with van der Waals surface area (Å²) in [6.45, 7) is 2.65. The van der Waals surface area contributed by atoms with E-state index in [-0.39, 0.29) is 5.91 Å². The molecule has 1 N–H and O–H groups in total. The molecule has 0 aliphatic rings.